The number of rotatable bonds is 3. The number of fused-ring (bicyclic) bond motifs is 3. The number of carbonyl (C=O) groups is 1. The second-order valence-corrected chi connectivity index (χ2v) is 7.98. The van der Waals surface area contributed by atoms with Crippen LogP contribution >= 0.6 is 22.9 Å². The second-order valence-electron chi connectivity index (χ2n) is 6.58. The van der Waals surface area contributed by atoms with Gasteiger partial charge in [-0.25, -0.2) is 24.4 Å². The van der Waals surface area contributed by atoms with Gasteiger partial charge in [0.25, 0.3) is 0 Å². The molecule has 0 fully saturated rings. The number of hydrogen-bond acceptors (Lipinski definition) is 7. The zero-order valence-corrected chi connectivity index (χ0v) is 17.4. The first-order chi connectivity index (χ1) is 14.7. The number of anilines is 1. The van der Waals surface area contributed by atoms with E-state index in [2.05, 4.69) is 20.3 Å². The van der Waals surface area contributed by atoms with Crippen LogP contribution in [-0.2, 0) is 17.6 Å². The first-order valence-electron chi connectivity index (χ1n) is 9.13. The monoisotopic (exact) mass is 438 g/mol. The van der Waals surface area contributed by atoms with Crippen molar-refractivity contribution in [3.8, 4) is 27.5 Å². The average Bonchev–Trinajstić information content (AvgIpc) is 3.35. The summed E-state index contributed by atoms with van der Waals surface area (Å²) in [4.78, 5) is 25.5. The molecule has 1 aliphatic carbocycles. The van der Waals surface area contributed by atoms with Crippen LogP contribution in [0.2, 0.25) is 5.02 Å². The van der Waals surface area contributed by atoms with Crippen molar-refractivity contribution in [3.63, 3.8) is 0 Å². The Bertz CT molecular complexity index is 1250. The van der Waals surface area contributed by atoms with E-state index in [1.807, 2.05) is 28.9 Å². The lowest BCUT2D eigenvalue weighted by Gasteiger charge is -2.14. The van der Waals surface area contributed by atoms with Gasteiger partial charge in [-0.15, -0.1) is 0 Å². The van der Waals surface area contributed by atoms with Gasteiger partial charge in [0.2, 0.25) is 0 Å². The van der Waals surface area contributed by atoms with Gasteiger partial charge in [-0.3, -0.25) is 5.32 Å². The number of hydrogen-bond donors (Lipinski definition) is 1. The van der Waals surface area contributed by atoms with Crippen molar-refractivity contribution in [3.05, 3.63) is 59.3 Å². The molecule has 30 heavy (non-hydrogen) atoms. The molecule has 1 aliphatic rings. The molecule has 0 saturated carbocycles. The Morgan fingerprint density at radius 2 is 2.03 bits per heavy atom. The van der Waals surface area contributed by atoms with E-state index in [9.17, 15) is 4.79 Å². The Morgan fingerprint density at radius 3 is 2.80 bits per heavy atom. The van der Waals surface area contributed by atoms with Crippen LogP contribution < -0.4 is 5.32 Å². The molecule has 4 aromatic rings. The van der Waals surface area contributed by atoms with Crippen LogP contribution in [0.3, 0.4) is 0 Å². The van der Waals surface area contributed by atoms with Crippen LogP contribution in [0.15, 0.2) is 43.0 Å². The van der Waals surface area contributed by atoms with E-state index in [0.29, 0.717) is 10.2 Å². The lowest BCUT2D eigenvalue weighted by molar-refractivity contribution is 0.187. The minimum Gasteiger partial charge on any atom is -0.453 e. The molecule has 0 spiro atoms. The molecular formula is C20H15ClN6O2S. The van der Waals surface area contributed by atoms with E-state index in [4.69, 9.17) is 21.4 Å². The number of amides is 1. The smallest absolute Gasteiger partial charge is 0.413 e. The highest BCUT2D eigenvalue weighted by atomic mass is 35.5. The molecule has 0 aliphatic heterocycles. The summed E-state index contributed by atoms with van der Waals surface area (Å²) < 4.78 is 6.54. The lowest BCUT2D eigenvalue weighted by atomic mass is 9.96. The van der Waals surface area contributed by atoms with Gasteiger partial charge < -0.3 is 4.74 Å². The predicted molar refractivity (Wildman–Crippen MR) is 114 cm³/mol. The molecular weight excluding hydrogens is 424 g/mol. The molecule has 0 bridgehead atoms. The molecule has 150 valence electrons. The van der Waals surface area contributed by atoms with Gasteiger partial charge in [0.15, 0.2) is 5.13 Å². The summed E-state index contributed by atoms with van der Waals surface area (Å²) >= 11 is 7.89. The van der Waals surface area contributed by atoms with Crippen LogP contribution in [0.25, 0.3) is 27.5 Å². The van der Waals surface area contributed by atoms with Crippen molar-refractivity contribution in [1.82, 2.24) is 24.7 Å². The van der Waals surface area contributed by atoms with Gasteiger partial charge in [-0.2, -0.15) is 5.10 Å². The van der Waals surface area contributed by atoms with E-state index >= 15 is 0 Å². The highest BCUT2D eigenvalue weighted by Crippen LogP contribution is 2.44. The van der Waals surface area contributed by atoms with Gasteiger partial charge in [0.1, 0.15) is 6.33 Å². The Balaban J connectivity index is 1.73. The van der Waals surface area contributed by atoms with Crippen LogP contribution in [0.5, 0.6) is 0 Å². The maximum atomic E-state index is 11.6. The zero-order valence-electron chi connectivity index (χ0n) is 15.8. The van der Waals surface area contributed by atoms with Crippen LogP contribution in [0, 0.1) is 0 Å². The third kappa shape index (κ3) is 3.12. The summed E-state index contributed by atoms with van der Waals surface area (Å²) in [5.41, 5.74) is 5.31. The minimum absolute atomic E-state index is 0.483. The molecule has 0 unspecified atom stereocenters. The van der Waals surface area contributed by atoms with Crippen molar-refractivity contribution in [1.29, 1.82) is 0 Å². The number of halogens is 1. The van der Waals surface area contributed by atoms with Crippen molar-refractivity contribution in [2.75, 3.05) is 12.4 Å². The van der Waals surface area contributed by atoms with Crippen molar-refractivity contribution in [2.45, 2.75) is 12.8 Å². The molecule has 1 aromatic carbocycles. The molecule has 5 rings (SSSR count). The number of thiazole rings is 1. The van der Waals surface area contributed by atoms with E-state index < -0.39 is 6.09 Å². The summed E-state index contributed by atoms with van der Waals surface area (Å²) in [6.45, 7) is 0. The fourth-order valence-electron chi connectivity index (χ4n) is 3.51. The normalized spacial score (nSPS) is 12.2. The minimum atomic E-state index is -0.553. The summed E-state index contributed by atoms with van der Waals surface area (Å²) in [5, 5.41) is 8.63. The van der Waals surface area contributed by atoms with E-state index in [0.717, 1.165) is 51.6 Å². The maximum absolute atomic E-state index is 11.6. The Labute approximate surface area is 180 Å². The molecule has 0 atom stereocenters. The second kappa shape index (κ2) is 7.51. The highest BCUT2D eigenvalue weighted by Gasteiger charge is 2.30. The molecule has 0 saturated heterocycles. The highest BCUT2D eigenvalue weighted by molar-refractivity contribution is 7.19. The molecule has 3 aromatic heterocycles. The number of benzene rings is 1. The predicted octanol–water partition coefficient (Wildman–Crippen LogP) is 4.38. The van der Waals surface area contributed by atoms with E-state index in [1.54, 1.807) is 12.4 Å². The number of aromatic nitrogens is 5. The molecule has 1 amide bonds. The van der Waals surface area contributed by atoms with Gasteiger partial charge in [-0.1, -0.05) is 35.1 Å². The van der Waals surface area contributed by atoms with Gasteiger partial charge in [0.05, 0.1) is 39.8 Å². The largest absolute Gasteiger partial charge is 0.453 e. The fraction of sp³-hybridized carbons (Fsp3) is 0.150. The van der Waals surface area contributed by atoms with Gasteiger partial charge in [0, 0.05) is 23.5 Å². The van der Waals surface area contributed by atoms with Crippen LogP contribution in [-0.4, -0.2) is 37.9 Å². The summed E-state index contributed by atoms with van der Waals surface area (Å²) in [6.07, 6.45) is 5.92. The van der Waals surface area contributed by atoms with Crippen LogP contribution in [0.4, 0.5) is 9.93 Å². The number of aryl methyl sites for hydroxylation is 1. The van der Waals surface area contributed by atoms with E-state index in [1.165, 1.54) is 24.8 Å². The summed E-state index contributed by atoms with van der Waals surface area (Å²) in [6, 6.07) is 7.55. The van der Waals surface area contributed by atoms with Crippen molar-refractivity contribution >= 4 is 34.2 Å². The standard InChI is InChI=1S/C20H15ClN6O2S/c1-29-20(28)25-19-24-14-7-6-12-16(11-8-22-10-23-9-11)26-27(17(12)18(14)30-19)15-5-3-2-4-13(15)21/h2-5,8-10H,6-7H2,1H3,(H,24,25,28). The third-order valence-electron chi connectivity index (χ3n) is 4.82. The van der Waals surface area contributed by atoms with Crippen LogP contribution in [0.1, 0.15) is 11.3 Å². The van der Waals surface area contributed by atoms with Crippen molar-refractivity contribution < 1.29 is 9.53 Å². The third-order valence-corrected chi connectivity index (χ3v) is 6.16. The quantitative estimate of drug-likeness (QED) is 0.510. The summed E-state index contributed by atoms with van der Waals surface area (Å²) in [5.74, 6) is 0. The SMILES string of the molecule is COC(=O)Nc1nc2c(s1)-c1c(c(-c3cncnc3)nn1-c1ccccc1Cl)CC2. The molecule has 10 heteroatoms. The fourth-order valence-corrected chi connectivity index (χ4v) is 4.78. The number of carbonyl (C=O) groups excluding carboxylic acids is 1. The van der Waals surface area contributed by atoms with E-state index in [-0.39, 0.29) is 0 Å². The van der Waals surface area contributed by atoms with Crippen molar-refractivity contribution in [2.24, 2.45) is 0 Å². The van der Waals surface area contributed by atoms with Gasteiger partial charge in [-0.05, 0) is 25.0 Å². The first-order valence-corrected chi connectivity index (χ1v) is 10.3. The number of ether oxygens (including phenoxy) is 1. The topological polar surface area (TPSA) is 94.8 Å². The Hall–Kier alpha value is -3.30. The molecule has 8 nitrogen and oxygen atoms in total. The maximum Gasteiger partial charge on any atom is 0.413 e. The van der Waals surface area contributed by atoms with Gasteiger partial charge >= 0.3 is 6.09 Å². The average molecular weight is 439 g/mol. The number of methoxy groups -OCH3 is 1. The first kappa shape index (κ1) is 18.7. The number of nitrogens with zero attached hydrogens (tertiary/aromatic N) is 5. The lowest BCUT2D eigenvalue weighted by Crippen LogP contribution is -2.10. The molecule has 1 N–H and O–H groups in total. The number of para-hydroxylation sites is 1. The Kier molecular flexibility index (Phi) is 4.68. The Morgan fingerprint density at radius 1 is 1.23 bits per heavy atom. The number of nitrogens with one attached hydrogen (secondary N) is 1. The zero-order chi connectivity index (χ0) is 20.7. The summed E-state index contributed by atoms with van der Waals surface area (Å²) in [7, 11) is 1.32. The molecule has 0 radical (unpaired) electrons. The molecule has 3 heterocycles.